The molecule has 0 saturated heterocycles. The molecule has 0 heterocycles. The monoisotopic (exact) mass is 399 g/mol. The number of carbonyl (C=O) groups is 1. The van der Waals surface area contributed by atoms with E-state index in [0.717, 1.165) is 18.8 Å². The maximum Gasteiger partial charge on any atom is 0.253 e. The summed E-state index contributed by atoms with van der Waals surface area (Å²) in [5, 5.41) is 2.86. The van der Waals surface area contributed by atoms with Crippen molar-refractivity contribution in [2.75, 3.05) is 43.5 Å². The standard InChI is InChI=1S/C19H33N3O4S/c1-7-18(26-6)19(23)20-16-14-15(27(24,25)22(10-4)11-5)12-13-17(16)21(8-2)9-3/h12-14,18H,7-11H2,1-6H3,(H,20,23). The Balaban J connectivity index is 3.43. The fraction of sp³-hybridized carbons (Fsp3) is 0.632. The van der Waals surface area contributed by atoms with Gasteiger partial charge in [0.2, 0.25) is 10.0 Å². The zero-order valence-corrected chi connectivity index (χ0v) is 18.1. The molecule has 0 fully saturated rings. The van der Waals surface area contributed by atoms with Crippen LogP contribution in [-0.2, 0) is 19.6 Å². The van der Waals surface area contributed by atoms with Crippen LogP contribution >= 0.6 is 0 Å². The Bertz CT molecular complexity index is 710. The van der Waals surface area contributed by atoms with E-state index in [9.17, 15) is 13.2 Å². The van der Waals surface area contributed by atoms with Crippen molar-refractivity contribution >= 4 is 27.3 Å². The van der Waals surface area contributed by atoms with E-state index in [1.807, 2.05) is 20.8 Å². The number of rotatable bonds is 11. The van der Waals surface area contributed by atoms with E-state index in [2.05, 4.69) is 10.2 Å². The van der Waals surface area contributed by atoms with Crippen LogP contribution in [0, 0.1) is 0 Å². The summed E-state index contributed by atoms with van der Waals surface area (Å²) in [4.78, 5) is 14.8. The number of amides is 1. The van der Waals surface area contributed by atoms with Crippen LogP contribution in [0.25, 0.3) is 0 Å². The molecule has 1 aromatic rings. The second kappa shape index (κ2) is 10.6. The first-order valence-electron chi connectivity index (χ1n) is 9.53. The molecule has 0 aliphatic carbocycles. The Labute approximate surface area is 163 Å². The summed E-state index contributed by atoms with van der Waals surface area (Å²) in [6.45, 7) is 11.8. The number of nitrogens with one attached hydrogen (secondary N) is 1. The van der Waals surface area contributed by atoms with E-state index in [4.69, 9.17) is 4.74 Å². The number of ether oxygens (including phenoxy) is 1. The maximum absolute atomic E-state index is 12.9. The zero-order valence-electron chi connectivity index (χ0n) is 17.3. The number of hydrogen-bond donors (Lipinski definition) is 1. The van der Waals surface area contributed by atoms with Gasteiger partial charge < -0.3 is 15.0 Å². The van der Waals surface area contributed by atoms with Gasteiger partial charge in [-0.05, 0) is 38.5 Å². The minimum absolute atomic E-state index is 0.169. The molecule has 8 heteroatoms. The lowest BCUT2D eigenvalue weighted by Crippen LogP contribution is -2.32. The predicted molar refractivity (Wildman–Crippen MR) is 110 cm³/mol. The number of methoxy groups -OCH3 is 1. The second-order valence-electron chi connectivity index (χ2n) is 6.06. The fourth-order valence-corrected chi connectivity index (χ4v) is 4.49. The predicted octanol–water partition coefficient (Wildman–Crippen LogP) is 2.93. The molecule has 1 atom stereocenters. The second-order valence-corrected chi connectivity index (χ2v) is 8.00. The topological polar surface area (TPSA) is 78.9 Å². The van der Waals surface area contributed by atoms with E-state index < -0.39 is 16.1 Å². The number of sulfonamides is 1. The van der Waals surface area contributed by atoms with Crippen LogP contribution in [0.1, 0.15) is 41.0 Å². The van der Waals surface area contributed by atoms with Crippen LogP contribution in [0.5, 0.6) is 0 Å². The van der Waals surface area contributed by atoms with Crippen molar-refractivity contribution in [1.29, 1.82) is 0 Å². The van der Waals surface area contributed by atoms with Gasteiger partial charge in [0.05, 0.1) is 16.3 Å². The van der Waals surface area contributed by atoms with Gasteiger partial charge >= 0.3 is 0 Å². The molecule has 0 radical (unpaired) electrons. The normalized spacial score (nSPS) is 12.9. The quantitative estimate of drug-likeness (QED) is 0.619. The van der Waals surface area contributed by atoms with Crippen molar-refractivity contribution in [2.24, 2.45) is 0 Å². The average molecular weight is 400 g/mol. The van der Waals surface area contributed by atoms with Gasteiger partial charge in [-0.2, -0.15) is 4.31 Å². The first kappa shape index (κ1) is 23.4. The molecule has 1 N–H and O–H groups in total. The molecule has 0 spiro atoms. The maximum atomic E-state index is 12.9. The summed E-state index contributed by atoms with van der Waals surface area (Å²) in [5.74, 6) is -0.286. The molecule has 7 nitrogen and oxygen atoms in total. The molecule has 0 saturated carbocycles. The van der Waals surface area contributed by atoms with Gasteiger partial charge in [0, 0.05) is 33.3 Å². The third-order valence-electron chi connectivity index (χ3n) is 4.62. The summed E-state index contributed by atoms with van der Waals surface area (Å²) < 4.78 is 32.4. The lowest BCUT2D eigenvalue weighted by molar-refractivity contribution is -0.125. The van der Waals surface area contributed by atoms with Gasteiger partial charge in [-0.3, -0.25) is 4.79 Å². The van der Waals surface area contributed by atoms with Gasteiger partial charge in [-0.15, -0.1) is 0 Å². The van der Waals surface area contributed by atoms with Crippen molar-refractivity contribution in [2.45, 2.75) is 52.0 Å². The van der Waals surface area contributed by atoms with E-state index >= 15 is 0 Å². The van der Waals surface area contributed by atoms with Crippen molar-refractivity contribution in [3.8, 4) is 0 Å². The Morgan fingerprint density at radius 2 is 1.67 bits per heavy atom. The average Bonchev–Trinajstić information content (AvgIpc) is 2.65. The van der Waals surface area contributed by atoms with Crippen molar-refractivity contribution in [3.63, 3.8) is 0 Å². The molecule has 27 heavy (non-hydrogen) atoms. The lowest BCUT2D eigenvalue weighted by atomic mass is 10.2. The lowest BCUT2D eigenvalue weighted by Gasteiger charge is -2.26. The van der Waals surface area contributed by atoms with Gasteiger partial charge in [-0.1, -0.05) is 20.8 Å². The van der Waals surface area contributed by atoms with Crippen molar-refractivity contribution < 1.29 is 17.9 Å². The summed E-state index contributed by atoms with van der Waals surface area (Å²) in [7, 11) is -2.13. The molecule has 0 aliphatic rings. The Morgan fingerprint density at radius 1 is 1.07 bits per heavy atom. The van der Waals surface area contributed by atoms with Gasteiger partial charge in [0.15, 0.2) is 0 Å². The Kier molecular flexibility index (Phi) is 9.21. The molecule has 0 bridgehead atoms. The van der Waals surface area contributed by atoms with Crippen LogP contribution in [0.3, 0.4) is 0 Å². The highest BCUT2D eigenvalue weighted by molar-refractivity contribution is 7.89. The number of carbonyl (C=O) groups excluding carboxylic acids is 1. The summed E-state index contributed by atoms with van der Waals surface area (Å²) in [5.41, 5.74) is 1.27. The first-order chi connectivity index (χ1) is 12.8. The highest BCUT2D eigenvalue weighted by Crippen LogP contribution is 2.30. The highest BCUT2D eigenvalue weighted by Gasteiger charge is 2.25. The van der Waals surface area contributed by atoms with E-state index in [1.165, 1.54) is 11.4 Å². The van der Waals surface area contributed by atoms with Crippen molar-refractivity contribution in [3.05, 3.63) is 18.2 Å². The molecule has 0 aliphatic heterocycles. The molecule has 1 aromatic carbocycles. The van der Waals surface area contributed by atoms with Crippen LogP contribution in [0.15, 0.2) is 23.1 Å². The van der Waals surface area contributed by atoms with Crippen LogP contribution < -0.4 is 10.2 Å². The number of nitrogens with zero attached hydrogens (tertiary/aromatic N) is 2. The third-order valence-corrected chi connectivity index (χ3v) is 6.67. The van der Waals surface area contributed by atoms with Crippen LogP contribution in [-0.4, -0.2) is 58.0 Å². The molecular formula is C19H33N3O4S. The first-order valence-corrected chi connectivity index (χ1v) is 11.0. The minimum atomic E-state index is -3.61. The molecule has 0 aromatic heterocycles. The van der Waals surface area contributed by atoms with Crippen LogP contribution in [0.2, 0.25) is 0 Å². The SMILES string of the molecule is CCC(OC)C(=O)Nc1cc(S(=O)(=O)N(CC)CC)ccc1N(CC)CC. The zero-order chi connectivity index (χ0) is 20.6. The molecule has 1 rings (SSSR count). The molecular weight excluding hydrogens is 366 g/mol. The Hall–Kier alpha value is -1.64. The number of anilines is 2. The van der Waals surface area contributed by atoms with Crippen molar-refractivity contribution in [1.82, 2.24) is 4.31 Å². The fourth-order valence-electron chi connectivity index (χ4n) is 3.00. The summed E-state index contributed by atoms with van der Waals surface area (Å²) >= 11 is 0. The molecule has 154 valence electrons. The molecule has 1 amide bonds. The van der Waals surface area contributed by atoms with E-state index in [-0.39, 0.29) is 10.8 Å². The molecule has 1 unspecified atom stereocenters. The Morgan fingerprint density at radius 3 is 2.11 bits per heavy atom. The van der Waals surface area contributed by atoms with Crippen LogP contribution in [0.4, 0.5) is 11.4 Å². The van der Waals surface area contributed by atoms with E-state index in [0.29, 0.717) is 25.2 Å². The number of hydrogen-bond acceptors (Lipinski definition) is 5. The number of benzene rings is 1. The van der Waals surface area contributed by atoms with Gasteiger partial charge in [0.25, 0.3) is 5.91 Å². The van der Waals surface area contributed by atoms with Gasteiger partial charge in [-0.25, -0.2) is 8.42 Å². The third kappa shape index (κ3) is 5.43. The summed E-state index contributed by atoms with van der Waals surface area (Å²) in [6, 6.07) is 4.90. The van der Waals surface area contributed by atoms with E-state index in [1.54, 1.807) is 32.0 Å². The summed E-state index contributed by atoms with van der Waals surface area (Å²) in [6.07, 6.45) is -0.0574. The minimum Gasteiger partial charge on any atom is -0.372 e. The van der Waals surface area contributed by atoms with Gasteiger partial charge in [0.1, 0.15) is 6.10 Å². The highest BCUT2D eigenvalue weighted by atomic mass is 32.2. The smallest absolute Gasteiger partial charge is 0.253 e. The largest absolute Gasteiger partial charge is 0.372 e.